The largest absolute Gasteiger partial charge is 0.353 e. The fourth-order valence-corrected chi connectivity index (χ4v) is 2.53. The summed E-state index contributed by atoms with van der Waals surface area (Å²) in [5.41, 5.74) is 1.71. The molecule has 0 aromatic heterocycles. The molecule has 2 bridgehead atoms. The molecule has 3 aliphatic rings. The van der Waals surface area contributed by atoms with Gasteiger partial charge in [0.25, 0.3) is 0 Å². The lowest BCUT2D eigenvalue weighted by atomic mass is 9.67. The Morgan fingerprint density at radius 2 is 2.20 bits per heavy atom. The normalized spacial score (nSPS) is 32.7. The van der Waals surface area contributed by atoms with Gasteiger partial charge >= 0.3 is 0 Å². The summed E-state index contributed by atoms with van der Waals surface area (Å²) in [6.07, 6.45) is 4.71. The second-order valence-electron chi connectivity index (χ2n) is 4.99. The fourth-order valence-electron chi connectivity index (χ4n) is 2.53. The van der Waals surface area contributed by atoms with Crippen LogP contribution < -0.4 is 5.32 Å². The van der Waals surface area contributed by atoms with Crippen LogP contribution in [0.4, 0.5) is 0 Å². The van der Waals surface area contributed by atoms with Crippen LogP contribution in [0.5, 0.6) is 0 Å². The molecule has 1 amide bonds. The molecule has 82 valence electrons. The number of rotatable bonds is 3. The molecule has 3 rings (SSSR count). The molecular weight excluding hydrogens is 188 g/mol. The average Bonchev–Trinajstić information content (AvgIpc) is 2.04. The number of piperidine rings is 2. The number of amides is 1. The molecule has 3 heteroatoms. The molecule has 0 aromatic rings. The molecule has 1 aliphatic carbocycles. The monoisotopic (exact) mass is 206 g/mol. The molecule has 1 atom stereocenters. The van der Waals surface area contributed by atoms with E-state index < -0.39 is 0 Å². The highest BCUT2D eigenvalue weighted by Crippen LogP contribution is 2.40. The minimum absolute atomic E-state index is 0.0538. The Balaban J connectivity index is 1.96. The number of carbonyl (C=O) groups is 1. The van der Waals surface area contributed by atoms with Gasteiger partial charge in [-0.15, -0.1) is 0 Å². The number of carbonyl (C=O) groups excluding carboxylic acids is 1. The first-order valence-electron chi connectivity index (χ1n) is 5.59. The van der Waals surface area contributed by atoms with Crippen LogP contribution in [0, 0.1) is 17.2 Å². The highest BCUT2D eigenvalue weighted by molar-refractivity contribution is 5.96. The summed E-state index contributed by atoms with van der Waals surface area (Å²) in [7, 11) is 0. The summed E-state index contributed by atoms with van der Waals surface area (Å²) in [5.74, 6) is 0.752. The van der Waals surface area contributed by atoms with Crippen molar-refractivity contribution in [2.45, 2.75) is 39.2 Å². The van der Waals surface area contributed by atoms with E-state index in [9.17, 15) is 4.79 Å². The van der Waals surface area contributed by atoms with Crippen LogP contribution in [0.25, 0.3) is 0 Å². The van der Waals surface area contributed by atoms with Crippen molar-refractivity contribution in [1.29, 1.82) is 5.41 Å². The summed E-state index contributed by atoms with van der Waals surface area (Å²) in [6.45, 7) is 3.96. The van der Waals surface area contributed by atoms with E-state index in [1.165, 1.54) is 0 Å². The molecule has 2 saturated heterocycles. The average molecular weight is 206 g/mol. The molecule has 2 aliphatic heterocycles. The number of nitrogens with one attached hydrogen (secondary N) is 2. The van der Waals surface area contributed by atoms with Crippen LogP contribution in [0.15, 0.2) is 11.6 Å². The maximum absolute atomic E-state index is 11.6. The van der Waals surface area contributed by atoms with Crippen molar-refractivity contribution >= 4 is 11.6 Å². The number of hydrogen-bond donors (Lipinski definition) is 2. The van der Waals surface area contributed by atoms with Crippen LogP contribution >= 0.6 is 0 Å². The molecule has 0 spiro atoms. The van der Waals surface area contributed by atoms with E-state index in [1.54, 1.807) is 0 Å². The third kappa shape index (κ3) is 2.11. The first kappa shape index (κ1) is 10.4. The van der Waals surface area contributed by atoms with Crippen molar-refractivity contribution in [3.05, 3.63) is 11.6 Å². The Morgan fingerprint density at radius 3 is 2.73 bits per heavy atom. The first-order valence-corrected chi connectivity index (χ1v) is 5.59. The van der Waals surface area contributed by atoms with Crippen LogP contribution in [-0.4, -0.2) is 17.7 Å². The lowest BCUT2D eigenvalue weighted by molar-refractivity contribution is -0.135. The topological polar surface area (TPSA) is 53.0 Å². The molecule has 0 radical (unpaired) electrons. The van der Waals surface area contributed by atoms with Crippen molar-refractivity contribution in [2.75, 3.05) is 0 Å². The summed E-state index contributed by atoms with van der Waals surface area (Å²) < 4.78 is 0. The zero-order valence-corrected chi connectivity index (χ0v) is 9.34. The van der Waals surface area contributed by atoms with Gasteiger partial charge in [0.2, 0.25) is 5.91 Å². The lowest BCUT2D eigenvalue weighted by Gasteiger charge is -2.46. The Morgan fingerprint density at radius 1 is 1.53 bits per heavy atom. The summed E-state index contributed by atoms with van der Waals surface area (Å²) in [5, 5.41) is 10.8. The zero-order chi connectivity index (χ0) is 11.0. The highest BCUT2D eigenvalue weighted by Gasteiger charge is 2.44. The number of allylic oxidation sites excluding steroid dienone is 2. The third-order valence-corrected chi connectivity index (χ3v) is 3.33. The van der Waals surface area contributed by atoms with E-state index >= 15 is 0 Å². The van der Waals surface area contributed by atoms with Crippen molar-refractivity contribution in [1.82, 2.24) is 5.32 Å². The van der Waals surface area contributed by atoms with E-state index in [0.717, 1.165) is 18.4 Å². The van der Waals surface area contributed by atoms with Crippen molar-refractivity contribution < 1.29 is 4.79 Å². The van der Waals surface area contributed by atoms with Gasteiger partial charge in [-0.2, -0.15) is 0 Å². The van der Waals surface area contributed by atoms with Crippen molar-refractivity contribution in [2.24, 2.45) is 11.8 Å². The van der Waals surface area contributed by atoms with Gasteiger partial charge in [-0.05, 0) is 38.7 Å². The molecular formula is C12H18N2O. The Labute approximate surface area is 90.4 Å². The van der Waals surface area contributed by atoms with E-state index in [1.807, 2.05) is 19.9 Å². The van der Waals surface area contributed by atoms with Gasteiger partial charge in [-0.1, -0.05) is 5.57 Å². The van der Waals surface area contributed by atoms with E-state index in [0.29, 0.717) is 24.1 Å². The fraction of sp³-hybridized carbons (Fsp3) is 0.667. The summed E-state index contributed by atoms with van der Waals surface area (Å²) >= 11 is 0. The number of hydrogen-bond acceptors (Lipinski definition) is 2. The van der Waals surface area contributed by atoms with Crippen molar-refractivity contribution in [3.8, 4) is 0 Å². The standard InChI is InChI=1S/C12H18N2O/c1-7(2)3-9(13)6-11-8-4-10(5-8)14-12(11)15/h3,8,10-11,13H,4-6H2,1-2H3,(H,14,15). The van der Waals surface area contributed by atoms with Crippen molar-refractivity contribution in [3.63, 3.8) is 0 Å². The molecule has 3 nitrogen and oxygen atoms in total. The smallest absolute Gasteiger partial charge is 0.224 e. The molecule has 0 aromatic carbocycles. The minimum Gasteiger partial charge on any atom is -0.353 e. The summed E-state index contributed by atoms with van der Waals surface area (Å²) in [6, 6.07) is 0.441. The van der Waals surface area contributed by atoms with Gasteiger partial charge in [0.15, 0.2) is 0 Å². The molecule has 3 fully saturated rings. The van der Waals surface area contributed by atoms with Gasteiger partial charge in [-0.25, -0.2) is 0 Å². The van der Waals surface area contributed by atoms with Crippen LogP contribution in [0.3, 0.4) is 0 Å². The molecule has 2 heterocycles. The molecule has 1 unspecified atom stereocenters. The van der Waals surface area contributed by atoms with Crippen LogP contribution in [-0.2, 0) is 4.79 Å². The second-order valence-corrected chi connectivity index (χ2v) is 4.99. The van der Waals surface area contributed by atoms with Gasteiger partial charge in [0, 0.05) is 24.1 Å². The predicted molar refractivity (Wildman–Crippen MR) is 59.9 cm³/mol. The van der Waals surface area contributed by atoms with E-state index in [2.05, 4.69) is 5.32 Å². The predicted octanol–water partition coefficient (Wildman–Crippen LogP) is 1.89. The minimum atomic E-state index is 0.0538. The zero-order valence-electron chi connectivity index (χ0n) is 9.34. The van der Waals surface area contributed by atoms with E-state index in [4.69, 9.17) is 5.41 Å². The van der Waals surface area contributed by atoms with Gasteiger partial charge in [-0.3, -0.25) is 4.79 Å². The quantitative estimate of drug-likeness (QED) is 0.681. The third-order valence-electron chi connectivity index (χ3n) is 3.33. The highest BCUT2D eigenvalue weighted by atomic mass is 16.2. The van der Waals surface area contributed by atoms with Gasteiger partial charge < -0.3 is 10.7 Å². The number of fused-ring (bicyclic) bond motifs is 2. The van der Waals surface area contributed by atoms with Crippen LogP contribution in [0.2, 0.25) is 0 Å². The maximum atomic E-state index is 11.6. The van der Waals surface area contributed by atoms with Gasteiger partial charge in [0.1, 0.15) is 0 Å². The van der Waals surface area contributed by atoms with Crippen LogP contribution in [0.1, 0.15) is 33.1 Å². The maximum Gasteiger partial charge on any atom is 0.224 e. The molecule has 1 saturated carbocycles. The lowest BCUT2D eigenvalue weighted by Crippen LogP contribution is -2.57. The van der Waals surface area contributed by atoms with Gasteiger partial charge in [0.05, 0.1) is 0 Å². The Hall–Kier alpha value is -1.12. The second kappa shape index (κ2) is 3.80. The summed E-state index contributed by atoms with van der Waals surface area (Å²) in [4.78, 5) is 11.6. The SMILES string of the molecule is CC(C)=CC(=N)CC1C(=O)NC2CC1C2. The molecule has 2 N–H and O–H groups in total. The first-order chi connectivity index (χ1) is 7.06. The Kier molecular flexibility index (Phi) is 2.63. The van der Waals surface area contributed by atoms with E-state index in [-0.39, 0.29) is 11.8 Å². The molecule has 15 heavy (non-hydrogen) atoms. The Bertz CT molecular complexity index is 323.